The zero-order valence-electron chi connectivity index (χ0n) is 13.2. The summed E-state index contributed by atoms with van der Waals surface area (Å²) in [5, 5.41) is 32.2. The Morgan fingerprint density at radius 2 is 1.00 bits per heavy atom. The van der Waals surface area contributed by atoms with E-state index in [1.165, 1.54) is 0 Å². The zero-order valence-corrected chi connectivity index (χ0v) is 14.8. The van der Waals surface area contributed by atoms with E-state index in [4.69, 9.17) is 20.5 Å². The predicted molar refractivity (Wildman–Crippen MR) is 75.0 cm³/mol. The van der Waals surface area contributed by atoms with Crippen molar-refractivity contribution in [3.05, 3.63) is 0 Å². The molecule has 0 bridgehead atoms. The van der Waals surface area contributed by atoms with Crippen molar-refractivity contribution in [2.45, 2.75) is 52.9 Å². The molecular weight excluding hydrogens is 314 g/mol. The van der Waals surface area contributed by atoms with Gasteiger partial charge in [0, 0.05) is 54.4 Å². The van der Waals surface area contributed by atoms with Crippen LogP contribution in [0.15, 0.2) is 0 Å². The van der Waals surface area contributed by atoms with Gasteiger partial charge in [-0.1, -0.05) is 20.8 Å². The molecule has 4 N–H and O–H groups in total. The molecule has 1 fully saturated rings. The van der Waals surface area contributed by atoms with Gasteiger partial charge in [-0.15, -0.1) is 0 Å². The zero-order chi connectivity index (χ0) is 16.4. The minimum Gasteiger partial charge on any atom is -0.396 e. The van der Waals surface area contributed by atoms with Crippen LogP contribution in [0.25, 0.3) is 0 Å². The number of carbonyl (C=O) groups excluding carboxylic acids is 2. The maximum Gasteiger partial charge on any atom is 0.253 e. The smallest absolute Gasteiger partial charge is 0.253 e. The van der Waals surface area contributed by atoms with Crippen molar-refractivity contribution in [3.63, 3.8) is 0 Å². The van der Waals surface area contributed by atoms with Gasteiger partial charge >= 0.3 is 0 Å². The Morgan fingerprint density at radius 1 is 0.810 bits per heavy atom. The molecule has 0 aliphatic carbocycles. The van der Waals surface area contributed by atoms with Crippen LogP contribution in [0.5, 0.6) is 0 Å². The van der Waals surface area contributed by atoms with Crippen LogP contribution in [-0.4, -0.2) is 57.2 Å². The first-order valence-electron chi connectivity index (χ1n) is 6.83. The summed E-state index contributed by atoms with van der Waals surface area (Å²) in [4.78, 5) is 20.5. The van der Waals surface area contributed by atoms with Crippen molar-refractivity contribution in [2.24, 2.45) is 0 Å². The number of rotatable bonds is 3. The normalized spacial score (nSPS) is 12.0. The molecule has 1 saturated heterocycles. The quantitative estimate of drug-likeness (QED) is 0.340. The molecular formula is C13H29NO6Ti. The Labute approximate surface area is 141 Å². The SMILES string of the molecule is CCCO.CCCO.CCCO.O=C1CCC(=O)N1O.[Ti]. The number of carbonyl (C=O) groups is 2. The van der Waals surface area contributed by atoms with Gasteiger partial charge in [-0.2, -0.15) is 5.06 Å². The van der Waals surface area contributed by atoms with Crippen molar-refractivity contribution in [1.29, 1.82) is 0 Å². The van der Waals surface area contributed by atoms with Crippen molar-refractivity contribution in [3.8, 4) is 0 Å². The van der Waals surface area contributed by atoms with Crippen molar-refractivity contribution in [1.82, 2.24) is 5.06 Å². The van der Waals surface area contributed by atoms with E-state index in [0.29, 0.717) is 19.8 Å². The number of nitrogens with zero attached hydrogens (tertiary/aromatic N) is 1. The first-order chi connectivity index (χ1) is 9.46. The fourth-order valence-corrected chi connectivity index (χ4v) is 0.565. The van der Waals surface area contributed by atoms with E-state index in [1.54, 1.807) is 0 Å². The summed E-state index contributed by atoms with van der Waals surface area (Å²) in [5.74, 6) is -1.01. The molecule has 0 atom stereocenters. The van der Waals surface area contributed by atoms with Gasteiger partial charge in [-0.3, -0.25) is 14.8 Å². The van der Waals surface area contributed by atoms with Crippen LogP contribution in [0.4, 0.5) is 0 Å². The van der Waals surface area contributed by atoms with Crippen LogP contribution in [0.2, 0.25) is 0 Å². The molecule has 0 spiro atoms. The molecule has 21 heavy (non-hydrogen) atoms. The summed E-state index contributed by atoms with van der Waals surface area (Å²) in [5.41, 5.74) is 0. The predicted octanol–water partition coefficient (Wildman–Crippen LogP) is 0.688. The molecule has 0 unspecified atom stereocenters. The van der Waals surface area contributed by atoms with Gasteiger partial charge in [0.25, 0.3) is 11.8 Å². The Morgan fingerprint density at radius 3 is 1.05 bits per heavy atom. The Bertz CT molecular complexity index is 197. The minimum absolute atomic E-state index is 0. The summed E-state index contributed by atoms with van der Waals surface area (Å²) in [6, 6.07) is 0. The molecule has 0 aromatic heterocycles. The third-order valence-corrected chi connectivity index (χ3v) is 1.70. The van der Waals surface area contributed by atoms with E-state index >= 15 is 0 Å². The van der Waals surface area contributed by atoms with Crippen LogP contribution in [0, 0.1) is 0 Å². The number of amides is 2. The van der Waals surface area contributed by atoms with Crippen LogP contribution in [0.1, 0.15) is 52.9 Å². The number of imide groups is 1. The van der Waals surface area contributed by atoms with E-state index in [2.05, 4.69) is 0 Å². The second-order valence-corrected chi connectivity index (χ2v) is 3.77. The van der Waals surface area contributed by atoms with Crippen LogP contribution >= 0.6 is 0 Å². The number of aliphatic hydroxyl groups is 3. The van der Waals surface area contributed by atoms with Crippen LogP contribution in [-0.2, 0) is 31.3 Å². The average molecular weight is 343 g/mol. The Hall–Kier alpha value is -0.306. The first-order valence-corrected chi connectivity index (χ1v) is 6.83. The Balaban J connectivity index is -0.0000000973. The minimum atomic E-state index is -0.505. The fourth-order valence-electron chi connectivity index (χ4n) is 0.565. The molecule has 1 aliphatic rings. The largest absolute Gasteiger partial charge is 0.396 e. The molecule has 1 heterocycles. The van der Waals surface area contributed by atoms with E-state index in [1.807, 2.05) is 20.8 Å². The fraction of sp³-hybridized carbons (Fsp3) is 0.846. The van der Waals surface area contributed by atoms with Gasteiger partial charge in [0.1, 0.15) is 0 Å². The Kier molecular flexibility index (Phi) is 33.9. The molecule has 0 aromatic carbocycles. The number of hydrogen-bond acceptors (Lipinski definition) is 6. The topological polar surface area (TPSA) is 118 Å². The van der Waals surface area contributed by atoms with Crippen LogP contribution in [0.3, 0.4) is 0 Å². The van der Waals surface area contributed by atoms with Gasteiger partial charge < -0.3 is 15.3 Å². The molecule has 0 aromatic rings. The maximum atomic E-state index is 10.2. The van der Waals surface area contributed by atoms with Crippen molar-refractivity contribution >= 4 is 11.8 Å². The number of hydroxylamine groups is 2. The molecule has 2 amide bonds. The summed E-state index contributed by atoms with van der Waals surface area (Å²) < 4.78 is 0. The van der Waals surface area contributed by atoms with E-state index in [0.717, 1.165) is 19.3 Å². The van der Waals surface area contributed by atoms with Gasteiger partial charge in [-0.05, 0) is 19.3 Å². The summed E-state index contributed by atoms with van der Waals surface area (Å²) >= 11 is 0. The second kappa shape index (κ2) is 24.7. The third-order valence-electron chi connectivity index (χ3n) is 1.70. The first kappa shape index (κ1) is 28.8. The van der Waals surface area contributed by atoms with Gasteiger partial charge in [0.15, 0.2) is 0 Å². The van der Waals surface area contributed by atoms with E-state index in [9.17, 15) is 9.59 Å². The number of hydrogen-bond donors (Lipinski definition) is 4. The van der Waals surface area contributed by atoms with Crippen molar-refractivity contribution < 1.29 is 51.8 Å². The van der Waals surface area contributed by atoms with E-state index in [-0.39, 0.29) is 39.6 Å². The summed E-state index contributed by atoms with van der Waals surface area (Å²) in [6.07, 6.45) is 2.92. The molecule has 126 valence electrons. The molecule has 0 saturated carbocycles. The van der Waals surface area contributed by atoms with Gasteiger partial charge in [0.05, 0.1) is 0 Å². The molecule has 1 rings (SSSR count). The monoisotopic (exact) mass is 343 g/mol. The summed E-state index contributed by atoms with van der Waals surface area (Å²) in [7, 11) is 0. The van der Waals surface area contributed by atoms with Gasteiger partial charge in [0.2, 0.25) is 0 Å². The summed E-state index contributed by atoms with van der Waals surface area (Å²) in [6.45, 7) is 6.75. The molecule has 1 aliphatic heterocycles. The molecule has 8 heteroatoms. The van der Waals surface area contributed by atoms with E-state index < -0.39 is 11.8 Å². The third kappa shape index (κ3) is 25.0. The van der Waals surface area contributed by atoms with Crippen molar-refractivity contribution in [2.75, 3.05) is 19.8 Å². The standard InChI is InChI=1S/C4H5NO3.3C3H8O.Ti/c6-3-1-2-4(7)5(3)8;3*1-2-3-4;/h8H,1-2H2;3*4H,2-3H2,1H3;. The molecule has 0 radical (unpaired) electrons. The van der Waals surface area contributed by atoms with Gasteiger partial charge in [-0.25, -0.2) is 0 Å². The average Bonchev–Trinajstić information content (AvgIpc) is 2.79. The maximum absolute atomic E-state index is 10.2. The van der Waals surface area contributed by atoms with Crippen LogP contribution < -0.4 is 0 Å². The molecule has 7 nitrogen and oxygen atoms in total. The number of aliphatic hydroxyl groups excluding tert-OH is 3. The second-order valence-electron chi connectivity index (χ2n) is 3.77.